The smallest absolute Gasteiger partial charge is 0.225 e. The molecular weight excluding hydrogens is 288 g/mol. The third-order valence-electron chi connectivity index (χ3n) is 4.20. The third kappa shape index (κ3) is 4.61. The molecule has 0 aromatic heterocycles. The van der Waals surface area contributed by atoms with Crippen molar-refractivity contribution in [3.8, 4) is 5.75 Å². The fraction of sp³-hybridized carbons (Fsp3) is 0.562. The molecule has 1 aliphatic rings. The number of nitrogens with one attached hydrogen (secondary N) is 1. The first-order valence-corrected chi connectivity index (χ1v) is 7.22. The summed E-state index contributed by atoms with van der Waals surface area (Å²) in [7, 11) is 1.64. The molecule has 4 nitrogen and oxygen atoms in total. The highest BCUT2D eigenvalue weighted by molar-refractivity contribution is 5.85. The maximum absolute atomic E-state index is 12.3. The monoisotopic (exact) mass is 312 g/mol. The zero-order chi connectivity index (χ0) is 14.6. The molecule has 0 aliphatic heterocycles. The molecule has 2 unspecified atom stereocenters. The fourth-order valence-electron chi connectivity index (χ4n) is 2.84. The first-order valence-electron chi connectivity index (χ1n) is 7.22. The van der Waals surface area contributed by atoms with Crippen molar-refractivity contribution >= 4 is 18.3 Å². The van der Waals surface area contributed by atoms with E-state index in [4.69, 9.17) is 10.5 Å². The molecule has 0 bridgehead atoms. The number of benzene rings is 1. The molecule has 5 heteroatoms. The minimum Gasteiger partial charge on any atom is -0.497 e. The lowest BCUT2D eigenvalue weighted by Gasteiger charge is -2.37. The molecule has 1 aromatic rings. The quantitative estimate of drug-likeness (QED) is 0.898. The minimum atomic E-state index is -0.373. The fourth-order valence-corrected chi connectivity index (χ4v) is 2.84. The molecule has 1 amide bonds. The van der Waals surface area contributed by atoms with Gasteiger partial charge in [-0.3, -0.25) is 4.79 Å². The molecule has 1 aromatic carbocycles. The van der Waals surface area contributed by atoms with Gasteiger partial charge in [-0.25, -0.2) is 0 Å². The Kier molecular flexibility index (Phi) is 6.49. The molecule has 1 saturated carbocycles. The van der Waals surface area contributed by atoms with Crippen molar-refractivity contribution in [2.24, 2.45) is 11.7 Å². The van der Waals surface area contributed by atoms with Crippen LogP contribution in [0.25, 0.3) is 0 Å². The van der Waals surface area contributed by atoms with Gasteiger partial charge >= 0.3 is 0 Å². The van der Waals surface area contributed by atoms with Gasteiger partial charge in [-0.05, 0) is 37.5 Å². The van der Waals surface area contributed by atoms with Crippen molar-refractivity contribution in [1.29, 1.82) is 0 Å². The number of halogens is 1. The van der Waals surface area contributed by atoms with Gasteiger partial charge in [-0.15, -0.1) is 12.4 Å². The van der Waals surface area contributed by atoms with E-state index in [0.29, 0.717) is 6.54 Å². The van der Waals surface area contributed by atoms with E-state index >= 15 is 0 Å². The number of nitrogens with two attached hydrogens (primary N) is 1. The van der Waals surface area contributed by atoms with Crippen molar-refractivity contribution in [2.75, 3.05) is 7.11 Å². The molecular formula is C16H25ClN2O2. The summed E-state index contributed by atoms with van der Waals surface area (Å²) in [6.45, 7) is 2.53. The van der Waals surface area contributed by atoms with Crippen molar-refractivity contribution in [3.63, 3.8) is 0 Å². The van der Waals surface area contributed by atoms with Crippen LogP contribution in [0.15, 0.2) is 24.3 Å². The topological polar surface area (TPSA) is 64.3 Å². The highest BCUT2D eigenvalue weighted by Gasteiger charge is 2.37. The van der Waals surface area contributed by atoms with Crippen LogP contribution >= 0.6 is 12.4 Å². The normalized spacial score (nSPS) is 24.8. The Balaban J connectivity index is 0.00000220. The summed E-state index contributed by atoms with van der Waals surface area (Å²) in [6.07, 6.45) is 4.03. The predicted molar refractivity (Wildman–Crippen MR) is 86.6 cm³/mol. The summed E-state index contributed by atoms with van der Waals surface area (Å²) in [5, 5.41) is 3.00. The van der Waals surface area contributed by atoms with Crippen LogP contribution in [-0.2, 0) is 11.3 Å². The summed E-state index contributed by atoms with van der Waals surface area (Å²) in [4.78, 5) is 12.3. The van der Waals surface area contributed by atoms with Gasteiger partial charge in [-0.1, -0.05) is 25.0 Å². The van der Waals surface area contributed by atoms with E-state index in [1.165, 1.54) is 0 Å². The molecule has 3 N–H and O–H groups in total. The maximum Gasteiger partial charge on any atom is 0.225 e. The van der Waals surface area contributed by atoms with E-state index in [1.807, 2.05) is 31.2 Å². The Morgan fingerprint density at radius 2 is 2.05 bits per heavy atom. The molecule has 2 atom stereocenters. The molecule has 0 heterocycles. The van der Waals surface area contributed by atoms with E-state index < -0.39 is 0 Å². The molecule has 1 aliphatic carbocycles. The van der Waals surface area contributed by atoms with Crippen LogP contribution in [0.3, 0.4) is 0 Å². The van der Waals surface area contributed by atoms with E-state index in [0.717, 1.165) is 37.0 Å². The lowest BCUT2D eigenvalue weighted by molar-refractivity contribution is -0.128. The Morgan fingerprint density at radius 1 is 1.38 bits per heavy atom. The molecule has 1 fully saturated rings. The number of amides is 1. The Labute approximate surface area is 132 Å². The molecule has 118 valence electrons. The average molecular weight is 313 g/mol. The molecule has 0 spiro atoms. The number of methoxy groups -OCH3 is 1. The summed E-state index contributed by atoms with van der Waals surface area (Å²) < 4.78 is 5.11. The van der Waals surface area contributed by atoms with Gasteiger partial charge in [0.05, 0.1) is 13.0 Å². The van der Waals surface area contributed by atoms with Crippen LogP contribution < -0.4 is 15.8 Å². The second-order valence-corrected chi connectivity index (χ2v) is 5.87. The van der Waals surface area contributed by atoms with Crippen LogP contribution in [0.5, 0.6) is 5.75 Å². The lowest BCUT2D eigenvalue weighted by Crippen LogP contribution is -2.52. The Morgan fingerprint density at radius 3 is 2.62 bits per heavy atom. The standard InChI is InChI=1S/C16H24N2O2.ClH/c1-16(17)10-4-3-5-14(16)15(19)18-11-12-6-8-13(20-2)9-7-12;/h6-9,14H,3-5,10-11,17H2,1-2H3,(H,18,19);1H. The van der Waals surface area contributed by atoms with Gasteiger partial charge in [0.1, 0.15) is 5.75 Å². The first-order chi connectivity index (χ1) is 9.53. The van der Waals surface area contributed by atoms with E-state index in [-0.39, 0.29) is 29.8 Å². The van der Waals surface area contributed by atoms with Gasteiger partial charge in [0.25, 0.3) is 0 Å². The van der Waals surface area contributed by atoms with E-state index in [2.05, 4.69) is 5.32 Å². The Bertz CT molecular complexity index is 460. The zero-order valence-corrected chi connectivity index (χ0v) is 13.5. The average Bonchev–Trinajstić information content (AvgIpc) is 2.45. The summed E-state index contributed by atoms with van der Waals surface area (Å²) in [6, 6.07) is 7.72. The summed E-state index contributed by atoms with van der Waals surface area (Å²) in [5.41, 5.74) is 6.94. The summed E-state index contributed by atoms with van der Waals surface area (Å²) >= 11 is 0. The number of carbonyl (C=O) groups excluding carboxylic acids is 1. The van der Waals surface area contributed by atoms with Crippen LogP contribution in [0.4, 0.5) is 0 Å². The molecule has 0 saturated heterocycles. The van der Waals surface area contributed by atoms with Crippen molar-refractivity contribution in [2.45, 2.75) is 44.7 Å². The molecule has 2 rings (SSSR count). The first kappa shape index (κ1) is 17.8. The van der Waals surface area contributed by atoms with Crippen LogP contribution in [0, 0.1) is 5.92 Å². The van der Waals surface area contributed by atoms with Crippen LogP contribution in [-0.4, -0.2) is 18.6 Å². The largest absolute Gasteiger partial charge is 0.497 e. The van der Waals surface area contributed by atoms with Gasteiger partial charge < -0.3 is 15.8 Å². The third-order valence-corrected chi connectivity index (χ3v) is 4.20. The Hall–Kier alpha value is -1.26. The van der Waals surface area contributed by atoms with E-state index in [1.54, 1.807) is 7.11 Å². The van der Waals surface area contributed by atoms with Crippen LogP contribution in [0.2, 0.25) is 0 Å². The summed E-state index contributed by atoms with van der Waals surface area (Å²) in [5.74, 6) is 0.821. The number of rotatable bonds is 4. The number of ether oxygens (including phenoxy) is 1. The van der Waals surface area contributed by atoms with Gasteiger partial charge in [-0.2, -0.15) is 0 Å². The second-order valence-electron chi connectivity index (χ2n) is 5.87. The van der Waals surface area contributed by atoms with Crippen LogP contribution in [0.1, 0.15) is 38.2 Å². The van der Waals surface area contributed by atoms with Gasteiger partial charge in [0.2, 0.25) is 5.91 Å². The predicted octanol–water partition coefficient (Wildman–Crippen LogP) is 2.64. The van der Waals surface area contributed by atoms with Crippen molar-refractivity contribution < 1.29 is 9.53 Å². The SMILES string of the molecule is COc1ccc(CNC(=O)C2CCCCC2(C)N)cc1.Cl. The van der Waals surface area contributed by atoms with Gasteiger partial charge in [0.15, 0.2) is 0 Å². The maximum atomic E-state index is 12.3. The minimum absolute atomic E-state index is 0. The number of hydrogen-bond donors (Lipinski definition) is 2. The highest BCUT2D eigenvalue weighted by Crippen LogP contribution is 2.31. The molecule has 0 radical (unpaired) electrons. The van der Waals surface area contributed by atoms with Gasteiger partial charge in [0, 0.05) is 12.1 Å². The number of carbonyl (C=O) groups is 1. The zero-order valence-electron chi connectivity index (χ0n) is 12.7. The van der Waals surface area contributed by atoms with Crippen molar-refractivity contribution in [1.82, 2.24) is 5.32 Å². The molecule has 21 heavy (non-hydrogen) atoms. The van der Waals surface area contributed by atoms with Crippen molar-refractivity contribution in [3.05, 3.63) is 29.8 Å². The highest BCUT2D eigenvalue weighted by atomic mass is 35.5. The van der Waals surface area contributed by atoms with E-state index in [9.17, 15) is 4.79 Å². The second kappa shape index (κ2) is 7.66. The lowest BCUT2D eigenvalue weighted by atomic mass is 9.74. The number of hydrogen-bond acceptors (Lipinski definition) is 3.